The van der Waals surface area contributed by atoms with Crippen LogP contribution < -0.4 is 0 Å². The molecule has 0 amide bonds. The lowest BCUT2D eigenvalue weighted by atomic mass is 10.0. The normalized spacial score (nSPS) is 11.2. The first kappa shape index (κ1) is 22.3. The summed E-state index contributed by atoms with van der Waals surface area (Å²) in [7, 11) is 0. The molecule has 0 saturated heterocycles. The number of thioether (sulfide) groups is 1. The lowest BCUT2D eigenvalue weighted by Crippen LogP contribution is -2.04. The summed E-state index contributed by atoms with van der Waals surface area (Å²) in [6, 6.07) is 33.0. The minimum absolute atomic E-state index is 0.544. The predicted molar refractivity (Wildman–Crippen MR) is 145 cm³/mol. The van der Waals surface area contributed by atoms with E-state index in [9.17, 15) is 0 Å². The summed E-state index contributed by atoms with van der Waals surface area (Å²) in [5, 5.41) is 11.2. The third-order valence-electron chi connectivity index (χ3n) is 6.09. The van der Waals surface area contributed by atoms with Gasteiger partial charge in [0.2, 0.25) is 0 Å². The van der Waals surface area contributed by atoms with Crippen molar-refractivity contribution in [3.63, 3.8) is 0 Å². The number of fused-ring (bicyclic) bond motifs is 1. The van der Waals surface area contributed by atoms with Gasteiger partial charge in [0.1, 0.15) is 5.76 Å². The molecule has 0 radical (unpaired) electrons. The van der Waals surface area contributed by atoms with Crippen molar-refractivity contribution in [2.75, 3.05) is 0 Å². The van der Waals surface area contributed by atoms with Gasteiger partial charge < -0.3 is 4.42 Å². The van der Waals surface area contributed by atoms with E-state index in [2.05, 4.69) is 65.1 Å². The molecule has 176 valence electrons. The zero-order valence-electron chi connectivity index (χ0n) is 19.8. The van der Waals surface area contributed by atoms with Crippen LogP contribution >= 0.6 is 11.8 Å². The second-order valence-electron chi connectivity index (χ2n) is 8.69. The SMILES string of the molecule is Cc1cccc(CSc2nnc(-c3cc(-c4ccccc4)nc4ccccc34)n2Cc2ccco2)c1. The Morgan fingerprint density at radius 2 is 1.69 bits per heavy atom. The molecule has 3 aromatic carbocycles. The van der Waals surface area contributed by atoms with E-state index in [4.69, 9.17) is 14.5 Å². The van der Waals surface area contributed by atoms with Crippen LogP contribution in [-0.2, 0) is 12.3 Å². The van der Waals surface area contributed by atoms with Crippen molar-refractivity contribution in [1.82, 2.24) is 19.7 Å². The lowest BCUT2D eigenvalue weighted by molar-refractivity contribution is 0.485. The molecule has 0 aliphatic carbocycles. The van der Waals surface area contributed by atoms with Crippen molar-refractivity contribution >= 4 is 22.7 Å². The Hall–Kier alpha value is -4.16. The molecule has 0 saturated carbocycles. The fraction of sp³-hybridized carbons (Fsp3) is 0.100. The molecule has 6 aromatic rings. The van der Waals surface area contributed by atoms with Crippen LogP contribution in [0.25, 0.3) is 33.5 Å². The van der Waals surface area contributed by atoms with Crippen molar-refractivity contribution in [1.29, 1.82) is 0 Å². The number of rotatable bonds is 7. The van der Waals surface area contributed by atoms with Crippen molar-refractivity contribution < 1.29 is 4.42 Å². The van der Waals surface area contributed by atoms with Gasteiger partial charge in [0, 0.05) is 22.3 Å². The Balaban J connectivity index is 1.47. The van der Waals surface area contributed by atoms with Crippen molar-refractivity contribution in [3.05, 3.63) is 120 Å². The fourth-order valence-electron chi connectivity index (χ4n) is 4.36. The van der Waals surface area contributed by atoms with Crippen LogP contribution in [0.5, 0.6) is 0 Å². The summed E-state index contributed by atoms with van der Waals surface area (Å²) >= 11 is 1.68. The molecular weight excluding hydrogens is 464 g/mol. The van der Waals surface area contributed by atoms with E-state index in [0.717, 1.165) is 50.2 Å². The molecule has 3 aromatic heterocycles. The maximum absolute atomic E-state index is 5.71. The van der Waals surface area contributed by atoms with Gasteiger partial charge in [-0.25, -0.2) is 4.98 Å². The van der Waals surface area contributed by atoms with E-state index in [-0.39, 0.29) is 0 Å². The molecule has 0 fully saturated rings. The van der Waals surface area contributed by atoms with E-state index < -0.39 is 0 Å². The third-order valence-corrected chi connectivity index (χ3v) is 7.13. The Bertz CT molecular complexity index is 1620. The number of aryl methyl sites for hydroxylation is 1. The van der Waals surface area contributed by atoms with Gasteiger partial charge >= 0.3 is 0 Å². The highest BCUT2D eigenvalue weighted by molar-refractivity contribution is 7.98. The molecule has 0 N–H and O–H groups in total. The number of hydrogen-bond donors (Lipinski definition) is 0. The van der Waals surface area contributed by atoms with E-state index in [1.807, 2.05) is 48.5 Å². The number of furan rings is 1. The standard InChI is InChI=1S/C30H24N4OS/c1-21-9-7-10-22(17-21)20-36-30-33-32-29(34(30)19-24-13-8-16-35-24)26-18-28(23-11-3-2-4-12-23)31-27-15-6-5-14-25(26)27/h2-18H,19-20H2,1H3. The van der Waals surface area contributed by atoms with Gasteiger partial charge in [0.15, 0.2) is 11.0 Å². The maximum Gasteiger partial charge on any atom is 0.192 e. The number of pyridine rings is 1. The summed E-state index contributed by atoms with van der Waals surface area (Å²) in [6.07, 6.45) is 1.70. The van der Waals surface area contributed by atoms with Crippen LogP contribution in [0.4, 0.5) is 0 Å². The van der Waals surface area contributed by atoms with Crippen LogP contribution in [0.2, 0.25) is 0 Å². The minimum Gasteiger partial charge on any atom is -0.467 e. The number of benzene rings is 3. The first-order valence-electron chi connectivity index (χ1n) is 11.8. The second kappa shape index (κ2) is 9.84. The molecular formula is C30H24N4OS. The molecule has 0 aliphatic heterocycles. The molecule has 3 heterocycles. The van der Waals surface area contributed by atoms with Crippen LogP contribution in [0.15, 0.2) is 113 Å². The van der Waals surface area contributed by atoms with Crippen LogP contribution in [0, 0.1) is 6.92 Å². The first-order chi connectivity index (χ1) is 17.7. The molecule has 0 unspecified atom stereocenters. The van der Waals surface area contributed by atoms with Gasteiger partial charge in [-0.3, -0.25) is 4.57 Å². The summed E-state index contributed by atoms with van der Waals surface area (Å²) < 4.78 is 7.86. The number of aromatic nitrogens is 4. The zero-order valence-corrected chi connectivity index (χ0v) is 20.7. The van der Waals surface area contributed by atoms with Gasteiger partial charge in [0.25, 0.3) is 0 Å². The second-order valence-corrected chi connectivity index (χ2v) is 9.63. The summed E-state index contributed by atoms with van der Waals surface area (Å²) in [5.74, 6) is 2.47. The number of hydrogen-bond acceptors (Lipinski definition) is 5. The molecule has 0 aliphatic rings. The van der Waals surface area contributed by atoms with E-state index in [1.54, 1.807) is 18.0 Å². The molecule has 0 bridgehead atoms. The van der Waals surface area contributed by atoms with Gasteiger partial charge in [-0.1, -0.05) is 90.1 Å². The van der Waals surface area contributed by atoms with E-state index in [1.165, 1.54) is 11.1 Å². The van der Waals surface area contributed by atoms with Crippen LogP contribution in [-0.4, -0.2) is 19.7 Å². The molecule has 6 heteroatoms. The Kier molecular flexibility index (Phi) is 6.10. The topological polar surface area (TPSA) is 56.7 Å². The van der Waals surface area contributed by atoms with Crippen LogP contribution in [0.3, 0.4) is 0 Å². The number of nitrogens with zero attached hydrogens (tertiary/aromatic N) is 4. The quantitative estimate of drug-likeness (QED) is 0.219. The highest BCUT2D eigenvalue weighted by atomic mass is 32.2. The maximum atomic E-state index is 5.71. The first-order valence-corrected chi connectivity index (χ1v) is 12.8. The van der Waals surface area contributed by atoms with E-state index in [0.29, 0.717) is 6.54 Å². The van der Waals surface area contributed by atoms with Crippen molar-refractivity contribution in [2.24, 2.45) is 0 Å². The monoisotopic (exact) mass is 488 g/mol. The summed E-state index contributed by atoms with van der Waals surface area (Å²) in [4.78, 5) is 4.95. The van der Waals surface area contributed by atoms with E-state index >= 15 is 0 Å². The number of para-hydroxylation sites is 1. The van der Waals surface area contributed by atoms with Crippen LogP contribution in [0.1, 0.15) is 16.9 Å². The average Bonchev–Trinajstić information content (AvgIpc) is 3.58. The average molecular weight is 489 g/mol. The molecule has 0 atom stereocenters. The minimum atomic E-state index is 0.544. The summed E-state index contributed by atoms with van der Waals surface area (Å²) in [5.41, 5.74) is 6.41. The molecule has 36 heavy (non-hydrogen) atoms. The molecule has 0 spiro atoms. The highest BCUT2D eigenvalue weighted by Gasteiger charge is 2.19. The van der Waals surface area contributed by atoms with Crippen molar-refractivity contribution in [2.45, 2.75) is 24.4 Å². The van der Waals surface area contributed by atoms with Gasteiger partial charge in [-0.2, -0.15) is 0 Å². The molecule has 6 rings (SSSR count). The largest absolute Gasteiger partial charge is 0.467 e. The summed E-state index contributed by atoms with van der Waals surface area (Å²) in [6.45, 7) is 2.66. The van der Waals surface area contributed by atoms with Crippen molar-refractivity contribution in [3.8, 4) is 22.6 Å². The Labute approximate surface area is 213 Å². The van der Waals surface area contributed by atoms with Gasteiger partial charge in [0.05, 0.1) is 24.0 Å². The van der Waals surface area contributed by atoms with Gasteiger partial charge in [-0.15, -0.1) is 10.2 Å². The van der Waals surface area contributed by atoms with Gasteiger partial charge in [-0.05, 0) is 36.8 Å². The Morgan fingerprint density at radius 1 is 0.833 bits per heavy atom. The smallest absolute Gasteiger partial charge is 0.192 e. The Morgan fingerprint density at radius 3 is 2.53 bits per heavy atom. The predicted octanol–water partition coefficient (Wildman–Crippen LogP) is 7.40. The lowest BCUT2D eigenvalue weighted by Gasteiger charge is -2.12. The highest BCUT2D eigenvalue weighted by Crippen LogP contribution is 2.34. The zero-order chi connectivity index (χ0) is 24.3. The third kappa shape index (κ3) is 4.55. The molecule has 5 nitrogen and oxygen atoms in total. The fourth-order valence-corrected chi connectivity index (χ4v) is 5.24.